The lowest BCUT2D eigenvalue weighted by molar-refractivity contribution is -0.118. The number of benzene rings is 2. The van der Waals surface area contributed by atoms with Gasteiger partial charge in [-0.05, 0) is 55.8 Å². The molecule has 2 heterocycles. The van der Waals surface area contributed by atoms with E-state index in [0.29, 0.717) is 15.9 Å². The predicted molar refractivity (Wildman–Crippen MR) is 129 cm³/mol. The topological polar surface area (TPSA) is 64.0 Å². The smallest absolute Gasteiger partial charge is 0.263 e. The summed E-state index contributed by atoms with van der Waals surface area (Å²) in [5.74, 6) is -0.280. The number of aromatic nitrogens is 2. The molecule has 8 heteroatoms. The van der Waals surface area contributed by atoms with Crippen molar-refractivity contribution in [3.63, 3.8) is 0 Å². The van der Waals surface area contributed by atoms with Gasteiger partial charge < -0.3 is 5.32 Å². The molecule has 1 atom stereocenters. The summed E-state index contributed by atoms with van der Waals surface area (Å²) >= 11 is 8.30. The van der Waals surface area contributed by atoms with Gasteiger partial charge in [-0.2, -0.15) is 0 Å². The summed E-state index contributed by atoms with van der Waals surface area (Å²) in [4.78, 5) is 32.3. The van der Waals surface area contributed by atoms with Crippen molar-refractivity contribution < 1.29 is 4.79 Å². The molecule has 0 aliphatic rings. The van der Waals surface area contributed by atoms with E-state index in [1.165, 1.54) is 22.2 Å². The van der Waals surface area contributed by atoms with Gasteiger partial charge in [-0.25, -0.2) is 4.98 Å². The Labute approximate surface area is 194 Å². The number of carbonyl (C=O) groups is 1. The summed E-state index contributed by atoms with van der Waals surface area (Å²) in [7, 11) is 0. The standard InChI is InChI=1S/C22H17Br2N3O2S/c1-12(20(28)26-17-9-7-16(24)8-10-17)27-11-25-21-19(22(27)29)18(13(2)30-21)14-3-5-15(23)6-4-14/h3-12H,1-2H3,(H,26,28). The molecule has 0 saturated carbocycles. The van der Waals surface area contributed by atoms with Crippen LogP contribution in [0, 0.1) is 6.92 Å². The summed E-state index contributed by atoms with van der Waals surface area (Å²) in [5, 5.41) is 3.40. The van der Waals surface area contributed by atoms with Crippen molar-refractivity contribution in [1.29, 1.82) is 0 Å². The highest BCUT2D eigenvalue weighted by atomic mass is 79.9. The second-order valence-electron chi connectivity index (χ2n) is 6.85. The number of halogens is 2. The summed E-state index contributed by atoms with van der Waals surface area (Å²) in [5.41, 5.74) is 2.26. The molecule has 1 N–H and O–H groups in total. The lowest BCUT2D eigenvalue weighted by Gasteiger charge is -2.15. The fourth-order valence-electron chi connectivity index (χ4n) is 3.26. The monoisotopic (exact) mass is 545 g/mol. The Hall–Kier alpha value is -2.29. The first-order chi connectivity index (χ1) is 14.3. The van der Waals surface area contributed by atoms with Gasteiger partial charge in [0.15, 0.2) is 0 Å². The van der Waals surface area contributed by atoms with Gasteiger partial charge in [0.2, 0.25) is 5.91 Å². The van der Waals surface area contributed by atoms with Gasteiger partial charge in [-0.1, -0.05) is 44.0 Å². The second-order valence-corrected chi connectivity index (χ2v) is 9.88. The third-order valence-electron chi connectivity index (χ3n) is 4.85. The van der Waals surface area contributed by atoms with Crippen LogP contribution in [0.2, 0.25) is 0 Å². The molecule has 2 aromatic carbocycles. The predicted octanol–water partition coefficient (Wildman–Crippen LogP) is 6.16. The van der Waals surface area contributed by atoms with Crippen molar-refractivity contribution in [1.82, 2.24) is 9.55 Å². The summed E-state index contributed by atoms with van der Waals surface area (Å²) in [6, 6.07) is 14.4. The minimum absolute atomic E-state index is 0.222. The van der Waals surface area contributed by atoms with Gasteiger partial charge in [-0.3, -0.25) is 14.2 Å². The zero-order valence-electron chi connectivity index (χ0n) is 16.1. The summed E-state index contributed by atoms with van der Waals surface area (Å²) < 4.78 is 3.29. The van der Waals surface area contributed by atoms with Crippen LogP contribution in [0.1, 0.15) is 17.8 Å². The van der Waals surface area contributed by atoms with Crippen LogP contribution < -0.4 is 10.9 Å². The Morgan fingerprint density at radius 3 is 2.30 bits per heavy atom. The van der Waals surface area contributed by atoms with Crippen molar-refractivity contribution in [3.8, 4) is 11.1 Å². The van der Waals surface area contributed by atoms with Crippen LogP contribution in [0.25, 0.3) is 21.3 Å². The van der Waals surface area contributed by atoms with E-state index in [-0.39, 0.29) is 11.5 Å². The fourth-order valence-corrected chi connectivity index (χ4v) is 4.79. The van der Waals surface area contributed by atoms with E-state index in [1.54, 1.807) is 19.1 Å². The number of amides is 1. The molecule has 0 fully saturated rings. The average molecular weight is 547 g/mol. The van der Waals surface area contributed by atoms with E-state index in [4.69, 9.17) is 0 Å². The number of anilines is 1. The van der Waals surface area contributed by atoms with Gasteiger partial charge in [0.1, 0.15) is 10.9 Å². The number of carbonyl (C=O) groups excluding carboxylic acids is 1. The molecule has 0 aliphatic heterocycles. The van der Waals surface area contributed by atoms with Crippen LogP contribution in [0.5, 0.6) is 0 Å². The Bertz CT molecular complexity index is 1300. The zero-order chi connectivity index (χ0) is 21.4. The molecule has 30 heavy (non-hydrogen) atoms. The van der Waals surface area contributed by atoms with Crippen LogP contribution >= 0.6 is 43.2 Å². The number of hydrogen-bond donors (Lipinski definition) is 1. The van der Waals surface area contributed by atoms with Gasteiger partial charge >= 0.3 is 0 Å². The zero-order valence-corrected chi connectivity index (χ0v) is 20.1. The van der Waals surface area contributed by atoms with E-state index in [1.807, 2.05) is 43.3 Å². The van der Waals surface area contributed by atoms with E-state index >= 15 is 0 Å². The maximum absolute atomic E-state index is 13.4. The molecular weight excluding hydrogens is 530 g/mol. The highest BCUT2D eigenvalue weighted by Crippen LogP contribution is 2.36. The average Bonchev–Trinajstić information content (AvgIpc) is 3.07. The van der Waals surface area contributed by atoms with Crippen LogP contribution in [-0.4, -0.2) is 15.5 Å². The molecule has 1 unspecified atom stereocenters. The minimum Gasteiger partial charge on any atom is -0.324 e. The Morgan fingerprint density at radius 2 is 1.67 bits per heavy atom. The molecular formula is C22H17Br2N3O2S. The normalized spacial score (nSPS) is 12.1. The summed E-state index contributed by atoms with van der Waals surface area (Å²) in [6.07, 6.45) is 1.46. The van der Waals surface area contributed by atoms with Gasteiger partial charge in [0.05, 0.1) is 11.7 Å². The molecule has 0 saturated heterocycles. The van der Waals surface area contributed by atoms with E-state index in [9.17, 15) is 9.59 Å². The van der Waals surface area contributed by atoms with Crippen LogP contribution in [0.3, 0.4) is 0 Å². The maximum atomic E-state index is 13.4. The Kier molecular flexibility index (Phi) is 5.90. The number of hydrogen-bond acceptors (Lipinski definition) is 4. The van der Waals surface area contributed by atoms with Crippen molar-refractivity contribution in [3.05, 3.63) is 79.0 Å². The first-order valence-corrected chi connectivity index (χ1v) is 11.6. The van der Waals surface area contributed by atoms with Crippen LogP contribution in [-0.2, 0) is 4.79 Å². The fraction of sp³-hybridized carbons (Fsp3) is 0.136. The molecule has 4 aromatic rings. The summed E-state index contributed by atoms with van der Waals surface area (Å²) in [6.45, 7) is 3.68. The molecule has 0 bridgehead atoms. The Balaban J connectivity index is 1.74. The number of nitrogens with zero attached hydrogens (tertiary/aromatic N) is 2. The largest absolute Gasteiger partial charge is 0.324 e. The SMILES string of the molecule is Cc1sc2ncn(C(C)C(=O)Nc3ccc(Br)cc3)c(=O)c2c1-c1ccc(Br)cc1. The molecule has 2 aromatic heterocycles. The van der Waals surface area contributed by atoms with Gasteiger partial charge in [0.25, 0.3) is 5.56 Å². The molecule has 0 aliphatic carbocycles. The van der Waals surface area contributed by atoms with Crippen LogP contribution in [0.15, 0.2) is 68.6 Å². The van der Waals surface area contributed by atoms with Crippen molar-refractivity contribution in [2.24, 2.45) is 0 Å². The molecule has 0 spiro atoms. The number of aryl methyl sites for hydroxylation is 1. The lowest BCUT2D eigenvalue weighted by Crippen LogP contribution is -2.31. The highest BCUT2D eigenvalue weighted by Gasteiger charge is 2.22. The van der Waals surface area contributed by atoms with Crippen LogP contribution in [0.4, 0.5) is 5.69 Å². The lowest BCUT2D eigenvalue weighted by atomic mass is 10.0. The highest BCUT2D eigenvalue weighted by molar-refractivity contribution is 9.10. The first kappa shape index (κ1) is 21.0. The van der Waals surface area contributed by atoms with E-state index < -0.39 is 6.04 Å². The van der Waals surface area contributed by atoms with Crippen molar-refractivity contribution in [2.45, 2.75) is 19.9 Å². The third-order valence-corrected chi connectivity index (χ3v) is 6.93. The third kappa shape index (κ3) is 3.99. The Morgan fingerprint density at radius 1 is 1.07 bits per heavy atom. The van der Waals surface area contributed by atoms with E-state index in [2.05, 4.69) is 42.2 Å². The van der Waals surface area contributed by atoms with Gasteiger partial charge in [-0.15, -0.1) is 11.3 Å². The van der Waals surface area contributed by atoms with Gasteiger partial charge in [0, 0.05) is 25.1 Å². The van der Waals surface area contributed by atoms with Crippen molar-refractivity contribution >= 4 is 65.0 Å². The molecule has 0 radical (unpaired) electrons. The molecule has 1 amide bonds. The first-order valence-electron chi connectivity index (χ1n) is 9.18. The number of nitrogens with one attached hydrogen (secondary N) is 1. The van der Waals surface area contributed by atoms with Crippen molar-refractivity contribution in [2.75, 3.05) is 5.32 Å². The number of fused-ring (bicyclic) bond motifs is 1. The molecule has 5 nitrogen and oxygen atoms in total. The second kappa shape index (κ2) is 8.45. The quantitative estimate of drug-likeness (QED) is 0.333. The maximum Gasteiger partial charge on any atom is 0.263 e. The minimum atomic E-state index is -0.712. The molecule has 152 valence electrons. The number of thiophene rings is 1. The van der Waals surface area contributed by atoms with E-state index in [0.717, 1.165) is 24.9 Å². The molecule has 4 rings (SSSR count). The number of rotatable bonds is 4.